The number of aromatic nitrogens is 3. The van der Waals surface area contributed by atoms with Gasteiger partial charge in [-0.25, -0.2) is 4.98 Å². The van der Waals surface area contributed by atoms with Crippen LogP contribution < -0.4 is 10.5 Å². The van der Waals surface area contributed by atoms with Gasteiger partial charge >= 0.3 is 6.18 Å². The minimum Gasteiger partial charge on any atom is -0.423 e. The number of hydrogen-bond acceptors (Lipinski definition) is 5. The van der Waals surface area contributed by atoms with Crippen molar-refractivity contribution in [3.63, 3.8) is 0 Å². The van der Waals surface area contributed by atoms with Gasteiger partial charge in [-0.05, 0) is 30.9 Å². The first-order chi connectivity index (χ1) is 12.9. The number of rotatable bonds is 3. The van der Waals surface area contributed by atoms with Crippen molar-refractivity contribution in [2.24, 2.45) is 5.92 Å². The molecule has 6 nitrogen and oxygen atoms in total. The van der Waals surface area contributed by atoms with Crippen LogP contribution in [0.25, 0.3) is 11.1 Å². The standard InChI is InChI=1S/C18H17F3N4O2/c19-18(20,21)15-9-16(26)25(11-22-15)10-12-5-7-24(8-6-12)17-23-13-3-1-2-4-14(13)27-17/h1-4,9,11-12H,5-8,10H2. The summed E-state index contributed by atoms with van der Waals surface area (Å²) in [4.78, 5) is 21.8. The zero-order valence-corrected chi connectivity index (χ0v) is 14.3. The number of fused-ring (bicyclic) bond motifs is 1. The van der Waals surface area contributed by atoms with Gasteiger partial charge in [-0.2, -0.15) is 18.2 Å². The topological polar surface area (TPSA) is 64.2 Å². The van der Waals surface area contributed by atoms with E-state index >= 15 is 0 Å². The van der Waals surface area contributed by atoms with Crippen LogP contribution >= 0.6 is 0 Å². The molecule has 0 amide bonds. The zero-order valence-electron chi connectivity index (χ0n) is 14.3. The monoisotopic (exact) mass is 378 g/mol. The Morgan fingerprint density at radius 1 is 1.19 bits per heavy atom. The van der Waals surface area contributed by atoms with Crippen molar-refractivity contribution < 1.29 is 17.6 Å². The number of anilines is 1. The van der Waals surface area contributed by atoms with Crippen LogP contribution in [0, 0.1) is 5.92 Å². The van der Waals surface area contributed by atoms with Gasteiger partial charge in [-0.3, -0.25) is 9.36 Å². The number of nitrogens with zero attached hydrogens (tertiary/aromatic N) is 4. The van der Waals surface area contributed by atoms with Gasteiger partial charge in [0.05, 0.1) is 6.33 Å². The number of alkyl halides is 3. The van der Waals surface area contributed by atoms with E-state index in [9.17, 15) is 18.0 Å². The van der Waals surface area contributed by atoms with E-state index in [1.807, 2.05) is 29.2 Å². The van der Waals surface area contributed by atoms with Gasteiger partial charge in [0.15, 0.2) is 11.3 Å². The van der Waals surface area contributed by atoms with E-state index in [0.29, 0.717) is 31.7 Å². The fourth-order valence-corrected chi connectivity index (χ4v) is 3.30. The van der Waals surface area contributed by atoms with Crippen LogP contribution in [0.5, 0.6) is 0 Å². The summed E-state index contributed by atoms with van der Waals surface area (Å²) in [6, 6.07) is 8.66. The maximum Gasteiger partial charge on any atom is 0.433 e. The molecule has 9 heteroatoms. The van der Waals surface area contributed by atoms with E-state index in [-0.39, 0.29) is 5.92 Å². The second kappa shape index (κ2) is 6.71. The maximum absolute atomic E-state index is 12.6. The van der Waals surface area contributed by atoms with Crippen molar-refractivity contribution >= 4 is 17.1 Å². The molecular weight excluding hydrogens is 361 g/mol. The first-order valence-electron chi connectivity index (χ1n) is 8.64. The van der Waals surface area contributed by atoms with Gasteiger partial charge in [0, 0.05) is 25.7 Å². The molecule has 0 bridgehead atoms. The molecule has 4 rings (SSSR count). The van der Waals surface area contributed by atoms with Crippen molar-refractivity contribution in [3.8, 4) is 0 Å². The Kier molecular flexibility index (Phi) is 4.37. The number of hydrogen-bond donors (Lipinski definition) is 0. The smallest absolute Gasteiger partial charge is 0.423 e. The summed E-state index contributed by atoms with van der Waals surface area (Å²) >= 11 is 0. The normalized spacial score (nSPS) is 16.2. The maximum atomic E-state index is 12.6. The molecule has 0 saturated carbocycles. The number of oxazole rings is 1. The Morgan fingerprint density at radius 3 is 2.59 bits per heavy atom. The average Bonchev–Trinajstić information content (AvgIpc) is 3.07. The second-order valence-corrected chi connectivity index (χ2v) is 6.66. The van der Waals surface area contributed by atoms with Crippen LogP contribution in [-0.2, 0) is 12.7 Å². The highest BCUT2D eigenvalue weighted by Gasteiger charge is 2.33. The molecule has 0 N–H and O–H groups in total. The SMILES string of the molecule is O=c1cc(C(F)(F)F)ncn1CC1CCN(c2nc3ccccc3o2)CC1. The summed E-state index contributed by atoms with van der Waals surface area (Å²) in [6.07, 6.45) is -2.06. The third-order valence-electron chi connectivity index (χ3n) is 4.79. The van der Waals surface area contributed by atoms with Gasteiger partial charge < -0.3 is 9.32 Å². The predicted molar refractivity (Wildman–Crippen MR) is 92.4 cm³/mol. The molecule has 2 aromatic heterocycles. The molecule has 0 atom stereocenters. The Hall–Kier alpha value is -2.84. The lowest BCUT2D eigenvalue weighted by atomic mass is 9.97. The largest absolute Gasteiger partial charge is 0.433 e. The first kappa shape index (κ1) is 17.6. The molecule has 1 aliphatic heterocycles. The van der Waals surface area contributed by atoms with Crippen LogP contribution in [0.2, 0.25) is 0 Å². The summed E-state index contributed by atoms with van der Waals surface area (Å²) in [6.45, 7) is 1.77. The highest BCUT2D eigenvalue weighted by molar-refractivity contribution is 5.74. The van der Waals surface area contributed by atoms with Crippen molar-refractivity contribution in [1.82, 2.24) is 14.5 Å². The molecule has 0 unspecified atom stereocenters. The first-order valence-corrected chi connectivity index (χ1v) is 8.64. The van der Waals surface area contributed by atoms with Gasteiger partial charge in [0.1, 0.15) is 5.52 Å². The highest BCUT2D eigenvalue weighted by atomic mass is 19.4. The van der Waals surface area contributed by atoms with Gasteiger partial charge in [-0.1, -0.05) is 12.1 Å². The quantitative estimate of drug-likeness (QED) is 0.700. The fraction of sp³-hybridized carbons (Fsp3) is 0.389. The number of halogens is 3. The molecule has 0 aliphatic carbocycles. The minimum absolute atomic E-state index is 0.182. The number of piperidine rings is 1. The van der Waals surface area contributed by atoms with Crippen molar-refractivity contribution in [2.75, 3.05) is 18.0 Å². The van der Waals surface area contributed by atoms with E-state index in [1.165, 1.54) is 4.57 Å². The Morgan fingerprint density at radius 2 is 1.93 bits per heavy atom. The summed E-state index contributed by atoms with van der Waals surface area (Å²) in [5.74, 6) is 0.182. The minimum atomic E-state index is -4.61. The molecule has 1 fully saturated rings. The lowest BCUT2D eigenvalue weighted by Gasteiger charge is -2.31. The molecule has 27 heavy (non-hydrogen) atoms. The van der Waals surface area contributed by atoms with Gasteiger partial charge in [-0.15, -0.1) is 0 Å². The second-order valence-electron chi connectivity index (χ2n) is 6.66. The van der Waals surface area contributed by atoms with Gasteiger partial charge in [0.25, 0.3) is 11.6 Å². The van der Waals surface area contributed by atoms with Crippen LogP contribution in [0.1, 0.15) is 18.5 Å². The molecule has 3 aromatic rings. The van der Waals surface area contributed by atoms with Gasteiger partial charge in [0.2, 0.25) is 0 Å². The van der Waals surface area contributed by atoms with Crippen LogP contribution in [0.3, 0.4) is 0 Å². The Bertz CT molecular complexity index is 970. The molecule has 142 valence electrons. The molecule has 1 aromatic carbocycles. The summed E-state index contributed by atoms with van der Waals surface area (Å²) in [5.41, 5.74) is -0.303. The molecule has 0 spiro atoms. The predicted octanol–water partition coefficient (Wildman–Crippen LogP) is 3.32. The highest BCUT2D eigenvalue weighted by Crippen LogP contribution is 2.28. The summed E-state index contributed by atoms with van der Waals surface area (Å²) in [5, 5.41) is 0. The average molecular weight is 378 g/mol. The summed E-state index contributed by atoms with van der Waals surface area (Å²) < 4.78 is 44.8. The van der Waals surface area contributed by atoms with E-state index in [1.54, 1.807) is 0 Å². The lowest BCUT2D eigenvalue weighted by Crippen LogP contribution is -2.36. The van der Waals surface area contributed by atoms with E-state index in [0.717, 1.165) is 30.3 Å². The van der Waals surface area contributed by atoms with Crippen LogP contribution in [-0.4, -0.2) is 27.6 Å². The number of para-hydroxylation sites is 2. The third kappa shape index (κ3) is 3.67. The Labute approximate surface area is 152 Å². The van der Waals surface area contributed by atoms with Crippen LogP contribution in [0.15, 0.2) is 45.9 Å². The molecule has 0 radical (unpaired) electrons. The molecule has 3 heterocycles. The zero-order chi connectivity index (χ0) is 19.0. The number of benzene rings is 1. The van der Waals surface area contributed by atoms with Crippen molar-refractivity contribution in [1.29, 1.82) is 0 Å². The van der Waals surface area contributed by atoms with E-state index in [4.69, 9.17) is 4.42 Å². The molecule has 1 aliphatic rings. The molecular formula is C18H17F3N4O2. The van der Waals surface area contributed by atoms with Crippen LogP contribution in [0.4, 0.5) is 19.2 Å². The third-order valence-corrected chi connectivity index (χ3v) is 4.79. The fourth-order valence-electron chi connectivity index (χ4n) is 3.30. The summed E-state index contributed by atoms with van der Waals surface area (Å²) in [7, 11) is 0. The van der Waals surface area contributed by atoms with E-state index < -0.39 is 17.4 Å². The van der Waals surface area contributed by atoms with Crippen molar-refractivity contribution in [2.45, 2.75) is 25.6 Å². The van der Waals surface area contributed by atoms with Crippen molar-refractivity contribution in [3.05, 3.63) is 52.7 Å². The Balaban J connectivity index is 1.40. The molecule has 1 saturated heterocycles. The lowest BCUT2D eigenvalue weighted by molar-refractivity contribution is -0.141. The van der Waals surface area contributed by atoms with E-state index in [2.05, 4.69) is 9.97 Å².